The molecule has 0 bridgehead atoms. The van der Waals surface area contributed by atoms with E-state index in [1.165, 1.54) is 49.4 Å². The highest BCUT2D eigenvalue weighted by Gasteiger charge is 2.35. The molecule has 0 saturated heterocycles. The summed E-state index contributed by atoms with van der Waals surface area (Å²) < 4.78 is 68.8. The summed E-state index contributed by atoms with van der Waals surface area (Å²) in [7, 11) is -4.51. The quantitative estimate of drug-likeness (QED) is 0.227. The molecule has 1 N–H and O–H groups in total. The minimum absolute atomic E-state index is 0.153. The maximum Gasteiger partial charge on any atom is 0.416 e. The summed E-state index contributed by atoms with van der Waals surface area (Å²) in [6.07, 6.45) is -3.23. The van der Waals surface area contributed by atoms with E-state index < -0.39 is 46.2 Å². The summed E-state index contributed by atoms with van der Waals surface area (Å²) in [4.78, 5) is 27.8. The predicted octanol–water partition coefficient (Wildman–Crippen LogP) is 6.54. The molecule has 42 heavy (non-hydrogen) atoms. The minimum atomic E-state index is -4.76. The highest BCUT2D eigenvalue weighted by Crippen LogP contribution is 2.33. The molecule has 13 heteroatoms. The fourth-order valence-electron chi connectivity index (χ4n) is 4.04. The first-order valence-corrected chi connectivity index (χ1v) is 15.2. The van der Waals surface area contributed by atoms with Crippen LogP contribution in [-0.4, -0.2) is 44.3 Å². The topological polar surface area (TPSA) is 86.8 Å². The first-order chi connectivity index (χ1) is 19.8. The molecule has 3 aromatic rings. The van der Waals surface area contributed by atoms with E-state index in [-0.39, 0.29) is 27.2 Å². The van der Waals surface area contributed by atoms with Crippen molar-refractivity contribution in [2.24, 2.45) is 0 Å². The van der Waals surface area contributed by atoms with Crippen molar-refractivity contribution in [3.63, 3.8) is 0 Å². The van der Waals surface area contributed by atoms with Gasteiger partial charge in [-0.3, -0.25) is 13.9 Å². The van der Waals surface area contributed by atoms with Crippen molar-refractivity contribution in [3.8, 4) is 0 Å². The number of carbonyl (C=O) groups is 2. The molecule has 0 fully saturated rings. The van der Waals surface area contributed by atoms with Crippen LogP contribution in [-0.2, 0) is 32.3 Å². The molecular weight excluding hydrogens is 614 g/mol. The van der Waals surface area contributed by atoms with Gasteiger partial charge < -0.3 is 10.2 Å². The van der Waals surface area contributed by atoms with Gasteiger partial charge in [0.05, 0.1) is 26.2 Å². The number of sulfonamides is 1. The van der Waals surface area contributed by atoms with E-state index in [0.29, 0.717) is 28.9 Å². The van der Waals surface area contributed by atoms with E-state index in [1.54, 1.807) is 12.1 Å². The van der Waals surface area contributed by atoms with Gasteiger partial charge in [-0.05, 0) is 61.4 Å². The summed E-state index contributed by atoms with van der Waals surface area (Å²) in [6.45, 7) is 2.77. The number of alkyl halides is 3. The summed E-state index contributed by atoms with van der Waals surface area (Å²) in [6, 6.07) is 14.3. The van der Waals surface area contributed by atoms with E-state index >= 15 is 0 Å². The first kappa shape index (κ1) is 33.2. The summed E-state index contributed by atoms with van der Waals surface area (Å²) in [5.74, 6) is -1.30. The van der Waals surface area contributed by atoms with Crippen LogP contribution in [0.25, 0.3) is 0 Å². The summed E-state index contributed by atoms with van der Waals surface area (Å²) in [5, 5.41) is 3.23. The fraction of sp³-hybridized carbons (Fsp3) is 0.310. The van der Waals surface area contributed by atoms with Crippen LogP contribution < -0.4 is 9.62 Å². The number of rotatable bonds is 12. The van der Waals surface area contributed by atoms with Crippen molar-refractivity contribution in [3.05, 3.63) is 94.0 Å². The van der Waals surface area contributed by atoms with E-state index in [9.17, 15) is 31.2 Å². The van der Waals surface area contributed by atoms with Crippen LogP contribution in [0, 0.1) is 0 Å². The Morgan fingerprint density at radius 2 is 1.64 bits per heavy atom. The predicted molar refractivity (Wildman–Crippen MR) is 157 cm³/mol. The van der Waals surface area contributed by atoms with Crippen molar-refractivity contribution < 1.29 is 31.2 Å². The number of hydrogen-bond donors (Lipinski definition) is 1. The molecule has 0 aliphatic carbocycles. The number of unbranched alkanes of at least 4 members (excludes halogenated alkanes) is 1. The lowest BCUT2D eigenvalue weighted by Gasteiger charge is -2.32. The van der Waals surface area contributed by atoms with Gasteiger partial charge in [0, 0.05) is 13.1 Å². The average Bonchev–Trinajstić information content (AvgIpc) is 2.96. The van der Waals surface area contributed by atoms with Gasteiger partial charge in [-0.1, -0.05) is 66.9 Å². The Hall–Kier alpha value is -3.28. The van der Waals surface area contributed by atoms with Crippen LogP contribution >= 0.6 is 23.2 Å². The molecule has 0 aliphatic rings. The molecule has 226 valence electrons. The molecule has 3 rings (SSSR count). The van der Waals surface area contributed by atoms with Gasteiger partial charge >= 0.3 is 6.18 Å². The Kier molecular flexibility index (Phi) is 11.3. The molecule has 0 saturated carbocycles. The number of anilines is 1. The zero-order chi connectivity index (χ0) is 31.1. The van der Waals surface area contributed by atoms with E-state index in [0.717, 1.165) is 23.5 Å². The van der Waals surface area contributed by atoms with Crippen LogP contribution in [0.2, 0.25) is 10.0 Å². The molecule has 0 unspecified atom stereocenters. The number of hydrogen-bond acceptors (Lipinski definition) is 4. The monoisotopic (exact) mass is 643 g/mol. The Morgan fingerprint density at radius 3 is 2.26 bits per heavy atom. The Labute approximate surface area is 253 Å². The SMILES string of the molecule is CCCCNC(=O)[C@@H](C)N(Cc1ccc(Cl)c(Cl)c1)C(=O)CN(c1cccc(C(F)(F)F)c1)S(=O)(=O)c1ccccc1. The lowest BCUT2D eigenvalue weighted by molar-refractivity contribution is -0.139. The molecule has 0 radical (unpaired) electrons. The zero-order valence-electron chi connectivity index (χ0n) is 22.9. The summed E-state index contributed by atoms with van der Waals surface area (Å²) in [5.41, 5.74) is -0.948. The van der Waals surface area contributed by atoms with Crippen molar-refractivity contribution in [2.75, 3.05) is 17.4 Å². The molecule has 0 spiro atoms. The molecule has 1 atom stereocenters. The number of nitrogens with one attached hydrogen (secondary N) is 1. The van der Waals surface area contributed by atoms with Gasteiger partial charge in [0.25, 0.3) is 10.0 Å². The number of nitrogens with zero attached hydrogens (tertiary/aromatic N) is 2. The highest BCUT2D eigenvalue weighted by atomic mass is 35.5. The van der Waals surface area contributed by atoms with Gasteiger partial charge in [-0.15, -0.1) is 0 Å². The van der Waals surface area contributed by atoms with Crippen LogP contribution in [0.5, 0.6) is 0 Å². The van der Waals surface area contributed by atoms with Crippen LogP contribution in [0.1, 0.15) is 37.8 Å². The van der Waals surface area contributed by atoms with Crippen LogP contribution in [0.3, 0.4) is 0 Å². The van der Waals surface area contributed by atoms with Crippen LogP contribution in [0.4, 0.5) is 18.9 Å². The molecule has 2 amide bonds. The van der Waals surface area contributed by atoms with Crippen molar-refractivity contribution in [1.29, 1.82) is 0 Å². The van der Waals surface area contributed by atoms with Crippen LogP contribution in [0.15, 0.2) is 77.7 Å². The smallest absolute Gasteiger partial charge is 0.354 e. The van der Waals surface area contributed by atoms with Gasteiger partial charge in [0.2, 0.25) is 11.8 Å². The molecule has 0 aliphatic heterocycles. The van der Waals surface area contributed by atoms with E-state index in [4.69, 9.17) is 23.2 Å². The molecular formula is C29H30Cl2F3N3O4S. The number of halogens is 5. The second-order valence-corrected chi connectivity index (χ2v) is 12.1. The third-order valence-electron chi connectivity index (χ3n) is 6.41. The second-order valence-electron chi connectivity index (χ2n) is 9.46. The molecule has 3 aromatic carbocycles. The maximum atomic E-state index is 13.9. The second kappa shape index (κ2) is 14.3. The van der Waals surface area contributed by atoms with E-state index in [2.05, 4.69) is 5.32 Å². The highest BCUT2D eigenvalue weighted by molar-refractivity contribution is 7.92. The van der Waals surface area contributed by atoms with Crippen molar-refractivity contribution in [1.82, 2.24) is 10.2 Å². The normalized spacial score (nSPS) is 12.5. The average molecular weight is 645 g/mol. The van der Waals surface area contributed by atoms with Gasteiger partial charge in [0.1, 0.15) is 12.6 Å². The number of carbonyl (C=O) groups excluding carboxylic acids is 2. The van der Waals surface area contributed by atoms with Crippen molar-refractivity contribution >= 4 is 50.7 Å². The van der Waals surface area contributed by atoms with Gasteiger partial charge in [-0.2, -0.15) is 13.2 Å². The minimum Gasteiger partial charge on any atom is -0.354 e. The third-order valence-corrected chi connectivity index (χ3v) is 8.93. The molecule has 0 aromatic heterocycles. The van der Waals surface area contributed by atoms with Gasteiger partial charge in [0.15, 0.2) is 0 Å². The van der Waals surface area contributed by atoms with Gasteiger partial charge in [-0.25, -0.2) is 8.42 Å². The third kappa shape index (κ3) is 8.39. The number of amides is 2. The Bertz CT molecular complexity index is 1510. The van der Waals surface area contributed by atoms with E-state index in [1.807, 2.05) is 6.92 Å². The molecule has 7 nitrogen and oxygen atoms in total. The molecule has 0 heterocycles. The van der Waals surface area contributed by atoms with Crippen molar-refractivity contribution in [2.45, 2.75) is 50.3 Å². The first-order valence-electron chi connectivity index (χ1n) is 13.0. The maximum absolute atomic E-state index is 13.9. The zero-order valence-corrected chi connectivity index (χ0v) is 25.2. The standard InChI is InChI=1S/C29H30Cl2F3N3O4S/c1-3-4-15-35-28(39)20(2)36(18-21-13-14-25(30)26(31)16-21)27(38)19-37(42(40,41)24-11-6-5-7-12-24)23-10-8-9-22(17-23)29(32,33)34/h5-14,16-17,20H,3-4,15,18-19H2,1-2H3,(H,35,39)/t20-/m1/s1. The number of benzene rings is 3. The lowest BCUT2D eigenvalue weighted by Crippen LogP contribution is -2.51. The lowest BCUT2D eigenvalue weighted by atomic mass is 10.1. The summed E-state index contributed by atoms with van der Waals surface area (Å²) >= 11 is 12.2. The largest absolute Gasteiger partial charge is 0.416 e. The Morgan fingerprint density at radius 1 is 0.952 bits per heavy atom. The fourth-order valence-corrected chi connectivity index (χ4v) is 5.79. The Balaban J connectivity index is 2.06.